The molecule has 2 aromatic carbocycles. The fraction of sp³-hybridized carbons (Fsp3) is 0.100. The Bertz CT molecular complexity index is 1020. The summed E-state index contributed by atoms with van der Waals surface area (Å²) in [5, 5.41) is 3.69. The topological polar surface area (TPSA) is 55.1 Å². The van der Waals surface area contributed by atoms with Gasteiger partial charge in [-0.2, -0.15) is 0 Å². The summed E-state index contributed by atoms with van der Waals surface area (Å²) in [6, 6.07) is 19.2. The normalized spacial score (nSPS) is 10.9. The van der Waals surface area contributed by atoms with Gasteiger partial charge in [-0.3, -0.25) is 4.79 Å². The number of nitrogens with one attached hydrogen (secondary N) is 1. The van der Waals surface area contributed by atoms with E-state index in [2.05, 4.69) is 17.2 Å². The van der Waals surface area contributed by atoms with Crippen LogP contribution in [0.4, 0.5) is 5.69 Å². The number of carbonyl (C=O) groups is 1. The molecule has 0 fully saturated rings. The Balaban J connectivity index is 1.59. The molecule has 0 spiro atoms. The molecule has 0 aliphatic heterocycles. The predicted molar refractivity (Wildman–Crippen MR) is 101 cm³/mol. The van der Waals surface area contributed by atoms with Gasteiger partial charge < -0.3 is 9.73 Å². The number of benzene rings is 2. The van der Waals surface area contributed by atoms with Gasteiger partial charge in [-0.1, -0.05) is 37.3 Å². The van der Waals surface area contributed by atoms with Crippen molar-refractivity contribution in [3.05, 3.63) is 72.0 Å². The van der Waals surface area contributed by atoms with Crippen molar-refractivity contribution < 1.29 is 9.21 Å². The summed E-state index contributed by atoms with van der Waals surface area (Å²) in [7, 11) is 0. The first-order valence-electron chi connectivity index (χ1n) is 8.09. The first-order chi connectivity index (χ1) is 12.2. The third kappa shape index (κ3) is 3.06. The number of rotatable bonds is 4. The molecule has 0 aliphatic carbocycles. The monoisotopic (exact) mass is 348 g/mol. The Morgan fingerprint density at radius 3 is 2.72 bits per heavy atom. The van der Waals surface area contributed by atoms with Gasteiger partial charge in [0, 0.05) is 5.69 Å². The molecule has 2 heterocycles. The van der Waals surface area contributed by atoms with E-state index in [0.717, 1.165) is 32.9 Å². The maximum absolute atomic E-state index is 12.5. The second kappa shape index (κ2) is 6.53. The lowest BCUT2D eigenvalue weighted by molar-refractivity contribution is 0.0997. The molecule has 4 nitrogen and oxygen atoms in total. The molecule has 0 atom stereocenters. The quantitative estimate of drug-likeness (QED) is 0.539. The van der Waals surface area contributed by atoms with Crippen LogP contribution in [0.1, 0.15) is 23.0 Å². The van der Waals surface area contributed by atoms with Crippen molar-refractivity contribution in [2.45, 2.75) is 13.3 Å². The van der Waals surface area contributed by atoms with Crippen LogP contribution in [0.25, 0.3) is 21.0 Å². The molecule has 5 heteroatoms. The predicted octanol–water partition coefficient (Wildman–Crippen LogP) is 5.37. The number of hydrogen-bond acceptors (Lipinski definition) is 4. The van der Waals surface area contributed by atoms with E-state index in [0.29, 0.717) is 5.76 Å². The van der Waals surface area contributed by atoms with Gasteiger partial charge in [-0.15, -0.1) is 11.3 Å². The van der Waals surface area contributed by atoms with Crippen molar-refractivity contribution in [1.82, 2.24) is 4.98 Å². The molecule has 1 N–H and O–H groups in total. The molecule has 0 aliphatic rings. The highest BCUT2D eigenvalue weighted by molar-refractivity contribution is 7.21. The number of thiazole rings is 1. The van der Waals surface area contributed by atoms with Crippen LogP contribution >= 0.6 is 11.3 Å². The van der Waals surface area contributed by atoms with Gasteiger partial charge >= 0.3 is 0 Å². The van der Waals surface area contributed by atoms with Crippen LogP contribution < -0.4 is 5.32 Å². The molecule has 4 rings (SSSR count). The van der Waals surface area contributed by atoms with E-state index < -0.39 is 0 Å². The maximum atomic E-state index is 12.5. The SMILES string of the molecule is CCc1ccccc1NC(=O)c1ccc(-c2nc3ccccc3s2)o1. The number of aromatic nitrogens is 1. The smallest absolute Gasteiger partial charge is 0.291 e. The van der Waals surface area contributed by atoms with Crippen LogP contribution in [0.15, 0.2) is 65.1 Å². The van der Waals surface area contributed by atoms with E-state index in [9.17, 15) is 4.79 Å². The minimum Gasteiger partial charge on any atom is -0.448 e. The van der Waals surface area contributed by atoms with Crippen LogP contribution in [0.3, 0.4) is 0 Å². The standard InChI is InChI=1S/C20H16N2O2S/c1-2-13-7-3-4-8-14(13)21-19(23)16-11-12-17(24-16)20-22-15-9-5-6-10-18(15)25-20/h3-12H,2H2,1H3,(H,21,23). The van der Waals surface area contributed by atoms with Gasteiger partial charge in [0.1, 0.15) is 0 Å². The first kappa shape index (κ1) is 15.6. The third-order valence-electron chi connectivity index (χ3n) is 3.98. The molecule has 25 heavy (non-hydrogen) atoms. The van der Waals surface area contributed by atoms with Gasteiger partial charge in [0.15, 0.2) is 16.5 Å². The summed E-state index contributed by atoms with van der Waals surface area (Å²) in [5.74, 6) is 0.628. The van der Waals surface area contributed by atoms with Crippen molar-refractivity contribution in [1.29, 1.82) is 0 Å². The number of furan rings is 1. The van der Waals surface area contributed by atoms with Gasteiger partial charge in [0.05, 0.1) is 10.2 Å². The summed E-state index contributed by atoms with van der Waals surface area (Å²) >= 11 is 1.55. The number of nitrogens with zero attached hydrogens (tertiary/aromatic N) is 1. The van der Waals surface area contributed by atoms with E-state index in [1.807, 2.05) is 48.5 Å². The number of fused-ring (bicyclic) bond motifs is 1. The molecular formula is C20H16N2O2S. The van der Waals surface area contributed by atoms with Crippen LogP contribution in [0, 0.1) is 0 Å². The van der Waals surface area contributed by atoms with Gasteiger partial charge in [-0.25, -0.2) is 4.98 Å². The zero-order valence-electron chi connectivity index (χ0n) is 13.7. The molecule has 4 aromatic rings. The van der Waals surface area contributed by atoms with Crippen LogP contribution in [-0.2, 0) is 6.42 Å². The Morgan fingerprint density at radius 2 is 1.88 bits per heavy atom. The molecule has 0 saturated heterocycles. The highest BCUT2D eigenvalue weighted by Crippen LogP contribution is 2.31. The lowest BCUT2D eigenvalue weighted by Crippen LogP contribution is -2.12. The lowest BCUT2D eigenvalue weighted by atomic mass is 10.1. The number of hydrogen-bond donors (Lipinski definition) is 1. The van der Waals surface area contributed by atoms with Crippen LogP contribution in [0.5, 0.6) is 0 Å². The Kier molecular flexibility index (Phi) is 4.07. The second-order valence-electron chi connectivity index (χ2n) is 5.62. The third-order valence-corrected chi connectivity index (χ3v) is 5.03. The van der Waals surface area contributed by atoms with Gasteiger partial charge in [0.2, 0.25) is 0 Å². The molecule has 0 unspecified atom stereocenters. The molecule has 2 aromatic heterocycles. The molecule has 1 amide bonds. The fourth-order valence-electron chi connectivity index (χ4n) is 2.69. The summed E-state index contributed by atoms with van der Waals surface area (Å²) < 4.78 is 6.84. The summed E-state index contributed by atoms with van der Waals surface area (Å²) in [4.78, 5) is 17.0. The number of anilines is 1. The van der Waals surface area contributed by atoms with E-state index in [-0.39, 0.29) is 11.7 Å². The number of amides is 1. The Hall–Kier alpha value is -2.92. The number of aryl methyl sites for hydroxylation is 1. The summed E-state index contributed by atoms with van der Waals surface area (Å²) in [5.41, 5.74) is 2.84. The van der Waals surface area contributed by atoms with Gasteiger partial charge in [-0.05, 0) is 42.3 Å². The summed E-state index contributed by atoms with van der Waals surface area (Å²) in [6.45, 7) is 2.06. The van der Waals surface area contributed by atoms with E-state index in [1.54, 1.807) is 23.5 Å². The second-order valence-corrected chi connectivity index (χ2v) is 6.65. The highest BCUT2D eigenvalue weighted by Gasteiger charge is 2.15. The van der Waals surface area contributed by atoms with Crippen molar-refractivity contribution >= 4 is 33.1 Å². The molecule has 124 valence electrons. The van der Waals surface area contributed by atoms with Crippen molar-refractivity contribution in [3.8, 4) is 10.8 Å². The molecule has 0 radical (unpaired) electrons. The molecule has 0 bridgehead atoms. The average Bonchev–Trinajstić information content (AvgIpc) is 3.29. The minimum atomic E-state index is -0.256. The first-order valence-corrected chi connectivity index (χ1v) is 8.91. The fourth-order valence-corrected chi connectivity index (χ4v) is 3.61. The number of carbonyl (C=O) groups excluding carboxylic acids is 1. The van der Waals surface area contributed by atoms with E-state index in [1.165, 1.54) is 0 Å². The Labute approximate surface area is 149 Å². The summed E-state index contributed by atoms with van der Waals surface area (Å²) in [6.07, 6.45) is 0.853. The largest absolute Gasteiger partial charge is 0.448 e. The zero-order chi connectivity index (χ0) is 17.2. The highest BCUT2D eigenvalue weighted by atomic mass is 32.1. The zero-order valence-corrected chi connectivity index (χ0v) is 14.5. The molecule has 0 saturated carbocycles. The van der Waals surface area contributed by atoms with Crippen molar-refractivity contribution in [2.24, 2.45) is 0 Å². The lowest BCUT2D eigenvalue weighted by Gasteiger charge is -2.08. The van der Waals surface area contributed by atoms with Gasteiger partial charge in [0.25, 0.3) is 5.91 Å². The minimum absolute atomic E-state index is 0.256. The van der Waals surface area contributed by atoms with Crippen LogP contribution in [0.2, 0.25) is 0 Å². The maximum Gasteiger partial charge on any atom is 0.291 e. The average molecular weight is 348 g/mol. The van der Waals surface area contributed by atoms with Crippen molar-refractivity contribution in [2.75, 3.05) is 5.32 Å². The van der Waals surface area contributed by atoms with Crippen LogP contribution in [-0.4, -0.2) is 10.9 Å². The number of para-hydroxylation sites is 2. The van der Waals surface area contributed by atoms with E-state index >= 15 is 0 Å². The molecular weight excluding hydrogens is 332 g/mol. The van der Waals surface area contributed by atoms with Crippen molar-refractivity contribution in [3.63, 3.8) is 0 Å². The Morgan fingerprint density at radius 1 is 1.08 bits per heavy atom. The van der Waals surface area contributed by atoms with E-state index in [4.69, 9.17) is 4.42 Å².